The molecule has 0 atom stereocenters. The van der Waals surface area contributed by atoms with Crippen molar-refractivity contribution in [1.29, 1.82) is 5.53 Å². The van der Waals surface area contributed by atoms with Gasteiger partial charge >= 0.3 is 0 Å². The number of aromatic hydroxyl groups is 1. The van der Waals surface area contributed by atoms with Gasteiger partial charge in [-0.3, -0.25) is 0 Å². The zero-order valence-corrected chi connectivity index (χ0v) is 12.3. The van der Waals surface area contributed by atoms with Crippen molar-refractivity contribution >= 4 is 11.5 Å². The molecule has 1 aliphatic rings. The Hall–Kier alpha value is -3.01. The molecule has 3 N–H and O–H groups in total. The molecule has 0 saturated carbocycles. The maximum Gasteiger partial charge on any atom is 0.240 e. The predicted octanol–water partition coefficient (Wildman–Crippen LogP) is 1.12. The van der Waals surface area contributed by atoms with Gasteiger partial charge in [-0.25, -0.2) is 15.5 Å². The van der Waals surface area contributed by atoms with E-state index < -0.39 is 0 Å². The van der Waals surface area contributed by atoms with Gasteiger partial charge in [-0.15, -0.1) is 0 Å². The quantitative estimate of drug-likeness (QED) is 0.706. The molecule has 120 valence electrons. The third-order valence-corrected chi connectivity index (χ3v) is 3.32. The summed E-state index contributed by atoms with van der Waals surface area (Å²) < 4.78 is 6.63. The van der Waals surface area contributed by atoms with Crippen LogP contribution in [0.3, 0.4) is 0 Å². The third-order valence-electron chi connectivity index (χ3n) is 3.32. The molecule has 23 heavy (non-hydrogen) atoms. The zero-order chi connectivity index (χ0) is 16.1. The fraction of sp³-hybridized carbons (Fsp3) is 0.308. The number of nitrogens with zero attached hydrogens (tertiary/aromatic N) is 6. The molecule has 0 bridgehead atoms. The maximum atomic E-state index is 10.2. The SMILES string of the molecule is N=N/C=C\Nc1cnn(-c2cc(N3CCOCC3)ncn2)c1O. The minimum atomic E-state index is -0.0914. The van der Waals surface area contributed by atoms with Crippen molar-refractivity contribution < 1.29 is 9.84 Å². The van der Waals surface area contributed by atoms with E-state index in [0.717, 1.165) is 18.9 Å². The second-order valence-electron chi connectivity index (χ2n) is 4.72. The number of nitrogens with one attached hydrogen (secondary N) is 2. The van der Waals surface area contributed by atoms with E-state index in [4.69, 9.17) is 10.3 Å². The van der Waals surface area contributed by atoms with Gasteiger partial charge in [0, 0.05) is 25.4 Å². The van der Waals surface area contributed by atoms with Crippen LogP contribution < -0.4 is 10.2 Å². The highest BCUT2D eigenvalue weighted by Gasteiger charge is 2.16. The summed E-state index contributed by atoms with van der Waals surface area (Å²) in [5.74, 6) is 1.13. The van der Waals surface area contributed by atoms with Crippen molar-refractivity contribution in [1.82, 2.24) is 19.7 Å². The minimum absolute atomic E-state index is 0.0914. The van der Waals surface area contributed by atoms with Crippen LogP contribution in [0, 0.1) is 5.53 Å². The lowest BCUT2D eigenvalue weighted by atomic mass is 10.4. The zero-order valence-electron chi connectivity index (χ0n) is 12.3. The van der Waals surface area contributed by atoms with Gasteiger partial charge in [0.05, 0.1) is 25.6 Å². The summed E-state index contributed by atoms with van der Waals surface area (Å²) in [6.45, 7) is 2.84. The second-order valence-corrected chi connectivity index (χ2v) is 4.72. The molecular formula is C13H16N8O2. The molecule has 2 aromatic rings. The molecule has 0 radical (unpaired) electrons. The Morgan fingerprint density at radius 3 is 2.87 bits per heavy atom. The molecule has 1 fully saturated rings. The van der Waals surface area contributed by atoms with Crippen molar-refractivity contribution in [2.45, 2.75) is 0 Å². The van der Waals surface area contributed by atoms with Crippen LogP contribution in [0.5, 0.6) is 5.88 Å². The summed E-state index contributed by atoms with van der Waals surface area (Å²) in [7, 11) is 0. The normalized spacial score (nSPS) is 15.0. The van der Waals surface area contributed by atoms with Gasteiger partial charge in [0.1, 0.15) is 17.8 Å². The van der Waals surface area contributed by atoms with Gasteiger partial charge in [0.2, 0.25) is 5.88 Å². The van der Waals surface area contributed by atoms with Crippen LogP contribution in [0.1, 0.15) is 0 Å². The van der Waals surface area contributed by atoms with E-state index in [-0.39, 0.29) is 5.88 Å². The molecule has 0 unspecified atom stereocenters. The van der Waals surface area contributed by atoms with Gasteiger partial charge in [-0.1, -0.05) is 0 Å². The lowest BCUT2D eigenvalue weighted by Crippen LogP contribution is -2.36. The summed E-state index contributed by atoms with van der Waals surface area (Å²) in [6.07, 6.45) is 5.57. The second kappa shape index (κ2) is 6.83. The van der Waals surface area contributed by atoms with E-state index in [1.54, 1.807) is 6.07 Å². The average Bonchev–Trinajstić information content (AvgIpc) is 2.97. The van der Waals surface area contributed by atoms with Crippen LogP contribution in [0.25, 0.3) is 5.82 Å². The summed E-state index contributed by atoms with van der Waals surface area (Å²) in [5.41, 5.74) is 7.05. The molecule has 0 aromatic carbocycles. The van der Waals surface area contributed by atoms with E-state index >= 15 is 0 Å². The molecule has 10 nitrogen and oxygen atoms in total. The number of anilines is 2. The Kier molecular flexibility index (Phi) is 4.43. The number of ether oxygens (including phenoxy) is 1. The number of hydrogen-bond acceptors (Lipinski definition) is 9. The molecule has 3 rings (SSSR count). The van der Waals surface area contributed by atoms with Crippen LogP contribution in [-0.2, 0) is 4.74 Å². The first-order valence-electron chi connectivity index (χ1n) is 7.00. The lowest BCUT2D eigenvalue weighted by Gasteiger charge is -2.27. The van der Waals surface area contributed by atoms with E-state index in [0.29, 0.717) is 24.7 Å². The Morgan fingerprint density at radius 1 is 1.30 bits per heavy atom. The summed E-state index contributed by atoms with van der Waals surface area (Å²) in [5, 5.41) is 20.2. The summed E-state index contributed by atoms with van der Waals surface area (Å²) in [6, 6.07) is 1.76. The first-order valence-corrected chi connectivity index (χ1v) is 7.00. The van der Waals surface area contributed by atoms with Crippen molar-refractivity contribution in [3.05, 3.63) is 31.0 Å². The Balaban J connectivity index is 1.84. The number of rotatable bonds is 5. The molecule has 10 heteroatoms. The van der Waals surface area contributed by atoms with E-state index in [9.17, 15) is 5.11 Å². The first kappa shape index (κ1) is 14.9. The molecular weight excluding hydrogens is 300 g/mol. The molecule has 2 aromatic heterocycles. The first-order chi connectivity index (χ1) is 11.3. The van der Waals surface area contributed by atoms with Crippen molar-refractivity contribution in [2.75, 3.05) is 36.5 Å². The van der Waals surface area contributed by atoms with E-state index in [1.807, 2.05) is 0 Å². The van der Waals surface area contributed by atoms with Crippen LogP contribution in [0.15, 0.2) is 36.1 Å². The summed E-state index contributed by atoms with van der Waals surface area (Å²) >= 11 is 0. The van der Waals surface area contributed by atoms with Crippen LogP contribution >= 0.6 is 0 Å². The Bertz CT molecular complexity index is 708. The predicted molar refractivity (Wildman–Crippen MR) is 81.8 cm³/mol. The largest absolute Gasteiger partial charge is 0.492 e. The molecule has 0 aliphatic carbocycles. The van der Waals surface area contributed by atoms with Gasteiger partial charge in [-0.2, -0.15) is 14.9 Å². The Morgan fingerprint density at radius 2 is 2.09 bits per heavy atom. The van der Waals surface area contributed by atoms with Crippen molar-refractivity contribution in [2.24, 2.45) is 5.11 Å². The van der Waals surface area contributed by atoms with E-state index in [1.165, 1.54) is 29.6 Å². The highest BCUT2D eigenvalue weighted by atomic mass is 16.5. The standard InChI is InChI=1S/C13H16N8O2/c14-18-2-1-15-10-8-19-21(13(10)22)12-7-11(16-9-17-12)20-3-5-23-6-4-20/h1-2,7-9,14-15,22H,3-6H2/b2-1-,18-14?. The van der Waals surface area contributed by atoms with E-state index in [2.05, 4.69) is 30.4 Å². The topological polar surface area (TPSA) is 125 Å². The minimum Gasteiger partial charge on any atom is -0.492 e. The number of morpholine rings is 1. The molecule has 0 amide bonds. The number of hydrogen-bond donors (Lipinski definition) is 3. The molecule has 0 spiro atoms. The van der Waals surface area contributed by atoms with Gasteiger partial charge in [0.15, 0.2) is 5.82 Å². The van der Waals surface area contributed by atoms with Crippen molar-refractivity contribution in [3.8, 4) is 11.7 Å². The van der Waals surface area contributed by atoms with Crippen LogP contribution in [0.2, 0.25) is 0 Å². The van der Waals surface area contributed by atoms with Crippen LogP contribution in [-0.4, -0.2) is 51.2 Å². The van der Waals surface area contributed by atoms with Crippen molar-refractivity contribution in [3.63, 3.8) is 0 Å². The van der Waals surface area contributed by atoms with Crippen LogP contribution in [0.4, 0.5) is 11.5 Å². The lowest BCUT2D eigenvalue weighted by molar-refractivity contribution is 0.122. The monoisotopic (exact) mass is 316 g/mol. The fourth-order valence-electron chi connectivity index (χ4n) is 2.19. The Labute approximate surface area is 131 Å². The van der Waals surface area contributed by atoms with Gasteiger partial charge in [0.25, 0.3) is 0 Å². The number of aromatic nitrogens is 4. The average molecular weight is 316 g/mol. The smallest absolute Gasteiger partial charge is 0.240 e. The van der Waals surface area contributed by atoms with Gasteiger partial charge in [-0.05, 0) is 0 Å². The highest BCUT2D eigenvalue weighted by Crippen LogP contribution is 2.26. The molecule has 1 aliphatic heterocycles. The van der Waals surface area contributed by atoms with Gasteiger partial charge < -0.3 is 20.1 Å². The highest BCUT2D eigenvalue weighted by molar-refractivity contribution is 5.55. The third kappa shape index (κ3) is 3.26. The molecule has 1 saturated heterocycles. The fourth-order valence-corrected chi connectivity index (χ4v) is 2.19. The molecule has 3 heterocycles. The maximum absolute atomic E-state index is 10.2. The summed E-state index contributed by atoms with van der Waals surface area (Å²) in [4.78, 5) is 10.5.